The molecule has 8 heteroatoms. The predicted molar refractivity (Wildman–Crippen MR) is 72.0 cm³/mol. The van der Waals surface area contributed by atoms with Crippen LogP contribution in [-0.4, -0.2) is 48.0 Å². The Bertz CT molecular complexity index is 505. The maximum Gasteiger partial charge on any atom is 0.573 e. The number of β-amino-alcohol motifs (C(OH)–C–C–N with tert-alkyl or cyclic N) is 1. The molecule has 1 saturated heterocycles. The molecule has 0 bridgehead atoms. The first-order valence-electron chi connectivity index (χ1n) is 6.83. The molecule has 0 aliphatic carbocycles. The van der Waals surface area contributed by atoms with E-state index in [4.69, 9.17) is 0 Å². The maximum atomic E-state index is 12.0. The lowest BCUT2D eigenvalue weighted by Gasteiger charge is -2.14. The van der Waals surface area contributed by atoms with E-state index in [1.807, 2.05) is 4.90 Å². The molecule has 1 aliphatic rings. The number of alkyl halides is 3. The number of benzene rings is 1. The Balaban J connectivity index is 1.75. The molecule has 0 aromatic heterocycles. The Labute approximate surface area is 125 Å². The van der Waals surface area contributed by atoms with Crippen molar-refractivity contribution in [2.24, 2.45) is 0 Å². The minimum Gasteiger partial charge on any atom is -0.406 e. The van der Waals surface area contributed by atoms with Crippen LogP contribution in [-0.2, 0) is 11.3 Å². The largest absolute Gasteiger partial charge is 0.573 e. The van der Waals surface area contributed by atoms with Crippen LogP contribution < -0.4 is 10.1 Å². The van der Waals surface area contributed by atoms with Crippen molar-refractivity contribution in [1.29, 1.82) is 0 Å². The van der Waals surface area contributed by atoms with E-state index in [1.165, 1.54) is 24.3 Å². The molecule has 1 atom stereocenters. The summed E-state index contributed by atoms with van der Waals surface area (Å²) in [6.45, 7) is 1.59. The normalized spacial score (nSPS) is 19.2. The van der Waals surface area contributed by atoms with Crippen molar-refractivity contribution in [3.63, 3.8) is 0 Å². The van der Waals surface area contributed by atoms with Crippen molar-refractivity contribution in [2.75, 3.05) is 19.6 Å². The molecule has 2 N–H and O–H groups in total. The zero-order chi connectivity index (χ0) is 16.2. The molecule has 0 unspecified atom stereocenters. The number of nitrogens with one attached hydrogen (secondary N) is 1. The first-order chi connectivity index (χ1) is 10.3. The number of carbonyl (C=O) groups excluding carboxylic acids is 1. The van der Waals surface area contributed by atoms with Crippen LogP contribution in [0.5, 0.6) is 5.75 Å². The Hall–Kier alpha value is -1.80. The highest BCUT2D eigenvalue weighted by molar-refractivity contribution is 5.78. The lowest BCUT2D eigenvalue weighted by molar-refractivity contribution is -0.274. The number of carbonyl (C=O) groups is 1. The number of aliphatic hydroxyl groups is 1. The van der Waals surface area contributed by atoms with E-state index in [2.05, 4.69) is 10.1 Å². The van der Waals surface area contributed by atoms with Gasteiger partial charge in [0.25, 0.3) is 0 Å². The van der Waals surface area contributed by atoms with E-state index in [9.17, 15) is 23.1 Å². The number of likely N-dealkylation sites (tertiary alicyclic amines) is 1. The van der Waals surface area contributed by atoms with Gasteiger partial charge < -0.3 is 15.2 Å². The highest BCUT2D eigenvalue weighted by atomic mass is 19.4. The van der Waals surface area contributed by atoms with Gasteiger partial charge in [0.05, 0.1) is 12.6 Å². The molecule has 5 nitrogen and oxygen atoms in total. The van der Waals surface area contributed by atoms with Gasteiger partial charge in [-0.2, -0.15) is 0 Å². The van der Waals surface area contributed by atoms with Crippen LogP contribution in [0.4, 0.5) is 13.2 Å². The Morgan fingerprint density at radius 1 is 1.36 bits per heavy atom. The van der Waals surface area contributed by atoms with Crippen molar-refractivity contribution in [3.05, 3.63) is 29.8 Å². The molecule has 122 valence electrons. The van der Waals surface area contributed by atoms with Gasteiger partial charge in [-0.25, -0.2) is 0 Å². The number of halogens is 3. The third-order valence-electron chi connectivity index (χ3n) is 3.26. The molecular weight excluding hydrogens is 301 g/mol. The topological polar surface area (TPSA) is 61.8 Å². The Morgan fingerprint density at radius 3 is 2.59 bits per heavy atom. The average molecular weight is 318 g/mol. The quantitative estimate of drug-likeness (QED) is 0.858. The van der Waals surface area contributed by atoms with Crippen LogP contribution in [0.1, 0.15) is 12.0 Å². The summed E-state index contributed by atoms with van der Waals surface area (Å²) in [7, 11) is 0. The van der Waals surface area contributed by atoms with E-state index in [-0.39, 0.29) is 30.9 Å². The lowest BCUT2D eigenvalue weighted by Crippen LogP contribution is -2.36. The van der Waals surface area contributed by atoms with Crippen LogP contribution in [0.15, 0.2) is 24.3 Å². The first kappa shape index (κ1) is 16.6. The highest BCUT2D eigenvalue weighted by Gasteiger charge is 2.30. The zero-order valence-corrected chi connectivity index (χ0v) is 11.8. The van der Waals surface area contributed by atoms with E-state index < -0.39 is 6.36 Å². The van der Waals surface area contributed by atoms with Crippen LogP contribution in [0, 0.1) is 0 Å². The van der Waals surface area contributed by atoms with Crippen LogP contribution in [0.2, 0.25) is 0 Å². The molecule has 1 amide bonds. The zero-order valence-electron chi connectivity index (χ0n) is 11.8. The standard InChI is InChI=1S/C14H17F3N2O3/c15-14(16,17)22-12-3-1-10(2-4-12)7-18-13(21)9-19-6-5-11(20)8-19/h1-4,11,20H,5-9H2,(H,18,21)/t11-/m1/s1. The second-order valence-corrected chi connectivity index (χ2v) is 5.15. The molecule has 1 aromatic rings. The molecule has 2 rings (SSSR count). The van der Waals surface area contributed by atoms with Gasteiger partial charge in [-0.3, -0.25) is 9.69 Å². The smallest absolute Gasteiger partial charge is 0.406 e. The van der Waals surface area contributed by atoms with Crippen molar-refractivity contribution >= 4 is 5.91 Å². The first-order valence-corrected chi connectivity index (χ1v) is 6.83. The van der Waals surface area contributed by atoms with Crippen molar-refractivity contribution in [2.45, 2.75) is 25.4 Å². The van der Waals surface area contributed by atoms with Gasteiger partial charge in [0.15, 0.2) is 0 Å². The number of ether oxygens (including phenoxy) is 1. The van der Waals surface area contributed by atoms with Crippen molar-refractivity contribution < 1.29 is 27.8 Å². The van der Waals surface area contributed by atoms with Crippen molar-refractivity contribution in [1.82, 2.24) is 10.2 Å². The fourth-order valence-corrected chi connectivity index (χ4v) is 2.22. The van der Waals surface area contributed by atoms with E-state index in [0.717, 1.165) is 0 Å². The molecule has 1 aromatic carbocycles. The molecule has 1 heterocycles. The number of rotatable bonds is 5. The third kappa shape index (κ3) is 5.53. The molecular formula is C14H17F3N2O3. The SMILES string of the molecule is O=C(CN1CC[C@@H](O)C1)NCc1ccc(OC(F)(F)F)cc1. The highest BCUT2D eigenvalue weighted by Crippen LogP contribution is 2.22. The maximum absolute atomic E-state index is 12.0. The van der Waals surface area contributed by atoms with Gasteiger partial charge in [0, 0.05) is 19.6 Å². The predicted octanol–water partition coefficient (Wildman–Crippen LogP) is 1.27. The van der Waals surface area contributed by atoms with E-state index in [1.54, 1.807) is 0 Å². The summed E-state index contributed by atoms with van der Waals surface area (Å²) in [5, 5.41) is 12.0. The fourth-order valence-electron chi connectivity index (χ4n) is 2.22. The number of nitrogens with zero attached hydrogens (tertiary/aromatic N) is 1. The van der Waals surface area contributed by atoms with Crippen LogP contribution in [0.25, 0.3) is 0 Å². The molecule has 0 spiro atoms. The van der Waals surface area contributed by atoms with Crippen LogP contribution >= 0.6 is 0 Å². The van der Waals surface area contributed by atoms with Gasteiger partial charge in [0.1, 0.15) is 5.75 Å². The monoisotopic (exact) mass is 318 g/mol. The number of aliphatic hydroxyl groups excluding tert-OH is 1. The molecule has 0 radical (unpaired) electrons. The van der Waals surface area contributed by atoms with E-state index >= 15 is 0 Å². The molecule has 0 saturated carbocycles. The minimum atomic E-state index is -4.71. The third-order valence-corrected chi connectivity index (χ3v) is 3.26. The minimum absolute atomic E-state index is 0.190. The van der Waals surface area contributed by atoms with Gasteiger partial charge in [0.2, 0.25) is 5.91 Å². The molecule has 22 heavy (non-hydrogen) atoms. The number of amides is 1. The number of hydrogen-bond donors (Lipinski definition) is 2. The number of hydrogen-bond acceptors (Lipinski definition) is 4. The average Bonchev–Trinajstić information content (AvgIpc) is 2.81. The summed E-state index contributed by atoms with van der Waals surface area (Å²) in [6, 6.07) is 5.32. The Kier molecular flexibility index (Phi) is 5.25. The lowest BCUT2D eigenvalue weighted by atomic mass is 10.2. The van der Waals surface area contributed by atoms with Crippen LogP contribution in [0.3, 0.4) is 0 Å². The summed E-state index contributed by atoms with van der Waals surface area (Å²) in [4.78, 5) is 13.6. The summed E-state index contributed by atoms with van der Waals surface area (Å²) < 4.78 is 39.8. The Morgan fingerprint density at radius 2 is 2.05 bits per heavy atom. The van der Waals surface area contributed by atoms with Crippen molar-refractivity contribution in [3.8, 4) is 5.75 Å². The summed E-state index contributed by atoms with van der Waals surface area (Å²) in [5.74, 6) is -0.488. The van der Waals surface area contributed by atoms with Gasteiger partial charge in [-0.15, -0.1) is 13.2 Å². The van der Waals surface area contributed by atoms with Gasteiger partial charge in [-0.1, -0.05) is 12.1 Å². The summed E-state index contributed by atoms with van der Waals surface area (Å²) in [5.41, 5.74) is 0.671. The van der Waals surface area contributed by atoms with E-state index in [0.29, 0.717) is 25.1 Å². The molecule has 1 fully saturated rings. The second-order valence-electron chi connectivity index (χ2n) is 5.15. The van der Waals surface area contributed by atoms with Gasteiger partial charge in [-0.05, 0) is 24.1 Å². The second kappa shape index (κ2) is 6.97. The fraction of sp³-hybridized carbons (Fsp3) is 0.500. The van der Waals surface area contributed by atoms with Gasteiger partial charge >= 0.3 is 6.36 Å². The summed E-state index contributed by atoms with van der Waals surface area (Å²) >= 11 is 0. The summed E-state index contributed by atoms with van der Waals surface area (Å²) in [6.07, 6.45) is -4.43. The molecule has 1 aliphatic heterocycles.